The van der Waals surface area contributed by atoms with Gasteiger partial charge in [0.1, 0.15) is 23.5 Å². The number of rotatable bonds is 10. The maximum Gasteiger partial charge on any atom is 0.323 e. The van der Waals surface area contributed by atoms with Crippen molar-refractivity contribution in [3.8, 4) is 17.2 Å². The van der Waals surface area contributed by atoms with Gasteiger partial charge in [0.2, 0.25) is 0 Å². The van der Waals surface area contributed by atoms with E-state index in [4.69, 9.17) is 14.2 Å². The van der Waals surface area contributed by atoms with Crippen LogP contribution in [0.15, 0.2) is 84.9 Å². The van der Waals surface area contributed by atoms with Crippen LogP contribution in [0.5, 0.6) is 17.2 Å². The lowest BCUT2D eigenvalue weighted by Gasteiger charge is -2.23. The molecule has 0 saturated heterocycles. The number of carbonyl (C=O) groups is 1. The fraction of sp³-hybridized carbons (Fsp3) is 0.219. The van der Waals surface area contributed by atoms with E-state index in [-0.39, 0.29) is 11.6 Å². The highest BCUT2D eigenvalue weighted by Gasteiger charge is 2.19. The Kier molecular flexibility index (Phi) is 9.22. The van der Waals surface area contributed by atoms with E-state index >= 15 is 0 Å². The summed E-state index contributed by atoms with van der Waals surface area (Å²) in [6.45, 7) is 4.18. The molecule has 0 aliphatic carbocycles. The fourth-order valence-corrected chi connectivity index (χ4v) is 4.31. The number of urea groups is 1. The highest BCUT2D eigenvalue weighted by Crippen LogP contribution is 2.34. The smallest absolute Gasteiger partial charge is 0.323 e. The minimum atomic E-state index is -0.598. The van der Waals surface area contributed by atoms with E-state index in [1.165, 1.54) is 31.4 Å². The van der Waals surface area contributed by atoms with E-state index in [1.807, 2.05) is 6.07 Å². The number of halogens is 2. The van der Waals surface area contributed by atoms with Gasteiger partial charge in [0.25, 0.3) is 0 Å². The van der Waals surface area contributed by atoms with Gasteiger partial charge in [-0.1, -0.05) is 38.1 Å². The number of amides is 2. The summed E-state index contributed by atoms with van der Waals surface area (Å²) in [6, 6.07) is 22.2. The molecule has 4 aromatic rings. The molecule has 0 aromatic heterocycles. The topological polar surface area (TPSA) is 68.8 Å². The lowest BCUT2D eigenvalue weighted by Crippen LogP contribution is -2.19. The largest absolute Gasteiger partial charge is 0.493 e. The van der Waals surface area contributed by atoms with Gasteiger partial charge in [-0.05, 0) is 83.6 Å². The Morgan fingerprint density at radius 1 is 0.700 bits per heavy atom. The van der Waals surface area contributed by atoms with Crippen LogP contribution >= 0.6 is 0 Å². The third kappa shape index (κ3) is 7.28. The zero-order valence-electron chi connectivity index (χ0n) is 22.8. The Bertz CT molecular complexity index is 1400. The molecule has 0 unspecified atom stereocenters. The third-order valence-corrected chi connectivity index (χ3v) is 6.18. The van der Waals surface area contributed by atoms with Gasteiger partial charge in [-0.2, -0.15) is 0 Å². The molecule has 4 rings (SSSR count). The van der Waals surface area contributed by atoms with Crippen LogP contribution in [0.25, 0.3) is 0 Å². The number of hydrogen-bond acceptors (Lipinski definition) is 4. The summed E-state index contributed by atoms with van der Waals surface area (Å²) in [5.74, 6) is 1.25. The summed E-state index contributed by atoms with van der Waals surface area (Å²) in [7, 11) is 3.07. The first-order valence-corrected chi connectivity index (χ1v) is 12.9. The molecule has 0 radical (unpaired) electrons. The summed E-state index contributed by atoms with van der Waals surface area (Å²) in [6.07, 6.45) is 0.0844. The highest BCUT2D eigenvalue weighted by molar-refractivity contribution is 6.00. The second-order valence-corrected chi connectivity index (χ2v) is 9.67. The average molecular weight is 547 g/mol. The number of hydrogen-bond donors (Lipinski definition) is 2. The van der Waals surface area contributed by atoms with Crippen molar-refractivity contribution in [2.75, 3.05) is 24.9 Å². The van der Waals surface area contributed by atoms with Crippen molar-refractivity contribution < 1.29 is 27.8 Å². The van der Waals surface area contributed by atoms with Gasteiger partial charge in [-0.3, -0.25) is 0 Å². The second-order valence-electron chi connectivity index (χ2n) is 9.67. The van der Waals surface area contributed by atoms with Crippen molar-refractivity contribution in [1.82, 2.24) is 0 Å². The van der Waals surface area contributed by atoms with Crippen molar-refractivity contribution in [1.29, 1.82) is 0 Å². The molecule has 0 fully saturated rings. The zero-order chi connectivity index (χ0) is 28.6. The molecule has 2 amide bonds. The van der Waals surface area contributed by atoms with Gasteiger partial charge >= 0.3 is 6.03 Å². The monoisotopic (exact) mass is 546 g/mol. The van der Waals surface area contributed by atoms with Crippen LogP contribution in [0, 0.1) is 17.6 Å². The van der Waals surface area contributed by atoms with E-state index in [0.29, 0.717) is 41.0 Å². The van der Waals surface area contributed by atoms with E-state index in [0.717, 1.165) is 16.7 Å². The molecule has 6 nitrogen and oxygen atoms in total. The maximum absolute atomic E-state index is 13.7. The van der Waals surface area contributed by atoms with Gasteiger partial charge in [0.15, 0.2) is 11.5 Å². The average Bonchev–Trinajstić information content (AvgIpc) is 2.93. The Hall–Kier alpha value is -4.59. The standard InChI is InChI=1S/C32H32F2N2O4/c1-20(2)17-23-18-26(35-32(37)36-27-14-16-29(38-3)30(19-27)39-4)13-15-28(23)40-31(21-5-9-24(33)10-6-21)22-7-11-25(34)12-8-22/h5-16,18-20,31H,17H2,1-4H3,(H2,35,36,37). The predicted molar refractivity (Wildman–Crippen MR) is 152 cm³/mol. The van der Waals surface area contributed by atoms with Gasteiger partial charge in [0.05, 0.1) is 14.2 Å². The molecule has 8 heteroatoms. The van der Waals surface area contributed by atoms with Crippen molar-refractivity contribution in [3.63, 3.8) is 0 Å². The molecule has 0 bridgehead atoms. The number of anilines is 2. The molecule has 0 saturated carbocycles. The van der Waals surface area contributed by atoms with Crippen LogP contribution in [-0.4, -0.2) is 20.3 Å². The third-order valence-electron chi connectivity index (χ3n) is 6.18. The summed E-state index contributed by atoms with van der Waals surface area (Å²) in [5, 5.41) is 5.66. The molecule has 0 atom stereocenters. The lowest BCUT2D eigenvalue weighted by molar-refractivity contribution is 0.244. The van der Waals surface area contributed by atoms with Crippen LogP contribution in [0.4, 0.5) is 25.0 Å². The van der Waals surface area contributed by atoms with Crippen LogP contribution in [0.1, 0.15) is 36.6 Å². The number of carbonyl (C=O) groups excluding carboxylic acids is 1. The van der Waals surface area contributed by atoms with Crippen LogP contribution in [0.2, 0.25) is 0 Å². The first-order valence-electron chi connectivity index (χ1n) is 12.9. The van der Waals surface area contributed by atoms with Crippen LogP contribution in [-0.2, 0) is 6.42 Å². The molecule has 0 aliphatic rings. The van der Waals surface area contributed by atoms with Gasteiger partial charge in [-0.25, -0.2) is 13.6 Å². The Labute approximate surface area is 232 Å². The van der Waals surface area contributed by atoms with Gasteiger partial charge in [-0.15, -0.1) is 0 Å². The molecule has 0 heterocycles. The van der Waals surface area contributed by atoms with E-state index in [9.17, 15) is 13.6 Å². The van der Waals surface area contributed by atoms with Crippen molar-refractivity contribution >= 4 is 17.4 Å². The molecular formula is C32H32F2N2O4. The Morgan fingerprint density at radius 2 is 1.20 bits per heavy atom. The molecule has 208 valence electrons. The Morgan fingerprint density at radius 3 is 1.70 bits per heavy atom. The molecule has 4 aromatic carbocycles. The Balaban J connectivity index is 1.58. The predicted octanol–water partition coefficient (Wildman–Crippen LogP) is 7.99. The zero-order valence-corrected chi connectivity index (χ0v) is 22.8. The quantitative estimate of drug-likeness (QED) is 0.212. The number of methoxy groups -OCH3 is 2. The van der Waals surface area contributed by atoms with E-state index < -0.39 is 12.1 Å². The van der Waals surface area contributed by atoms with Crippen molar-refractivity contribution in [2.45, 2.75) is 26.4 Å². The summed E-state index contributed by atoms with van der Waals surface area (Å²) >= 11 is 0. The van der Waals surface area contributed by atoms with Crippen LogP contribution < -0.4 is 24.8 Å². The summed E-state index contributed by atoms with van der Waals surface area (Å²) < 4.78 is 44.4. The van der Waals surface area contributed by atoms with E-state index in [2.05, 4.69) is 24.5 Å². The summed E-state index contributed by atoms with van der Waals surface area (Å²) in [5.41, 5.74) is 3.45. The fourth-order valence-electron chi connectivity index (χ4n) is 4.31. The maximum atomic E-state index is 13.7. The lowest BCUT2D eigenvalue weighted by atomic mass is 9.99. The minimum Gasteiger partial charge on any atom is -0.493 e. The number of ether oxygens (including phenoxy) is 3. The molecule has 2 N–H and O–H groups in total. The highest BCUT2D eigenvalue weighted by atomic mass is 19.1. The van der Waals surface area contributed by atoms with Gasteiger partial charge in [0, 0.05) is 17.4 Å². The first-order chi connectivity index (χ1) is 19.2. The van der Waals surface area contributed by atoms with Crippen molar-refractivity contribution in [3.05, 3.63) is 113 Å². The van der Waals surface area contributed by atoms with Crippen LogP contribution in [0.3, 0.4) is 0 Å². The normalized spacial score (nSPS) is 10.9. The SMILES string of the molecule is COc1ccc(NC(=O)Nc2ccc(OC(c3ccc(F)cc3)c3ccc(F)cc3)c(CC(C)C)c2)cc1OC. The summed E-state index contributed by atoms with van der Waals surface area (Å²) in [4.78, 5) is 12.8. The number of nitrogens with one attached hydrogen (secondary N) is 2. The molecular weight excluding hydrogens is 514 g/mol. The number of benzene rings is 4. The first kappa shape index (κ1) is 28.4. The van der Waals surface area contributed by atoms with Crippen molar-refractivity contribution in [2.24, 2.45) is 5.92 Å². The molecule has 0 spiro atoms. The second kappa shape index (κ2) is 13.0. The molecule has 40 heavy (non-hydrogen) atoms. The van der Waals surface area contributed by atoms with Gasteiger partial charge < -0.3 is 24.8 Å². The minimum absolute atomic E-state index is 0.299. The molecule has 0 aliphatic heterocycles. The van der Waals surface area contributed by atoms with E-state index in [1.54, 1.807) is 61.7 Å².